The number of rotatable bonds is 11. The monoisotopic (exact) mass is 510 g/mol. The summed E-state index contributed by atoms with van der Waals surface area (Å²) in [5.74, 6) is -1.45. The molecule has 0 radical (unpaired) electrons. The molecule has 1 atom stereocenters. The highest BCUT2D eigenvalue weighted by Gasteiger charge is 2.28. The van der Waals surface area contributed by atoms with E-state index in [0.717, 1.165) is 10.5 Å². The third kappa shape index (κ3) is 13.5. The van der Waals surface area contributed by atoms with Crippen molar-refractivity contribution in [2.24, 2.45) is 0 Å². The van der Waals surface area contributed by atoms with Crippen molar-refractivity contribution in [3.63, 3.8) is 0 Å². The van der Waals surface area contributed by atoms with Crippen molar-refractivity contribution in [1.29, 1.82) is 0 Å². The molecule has 0 aliphatic heterocycles. The molecule has 0 aliphatic carbocycles. The van der Waals surface area contributed by atoms with E-state index in [0.29, 0.717) is 0 Å². The molecule has 2 amide bonds. The van der Waals surface area contributed by atoms with Gasteiger partial charge in [0.1, 0.15) is 31.0 Å². The standard InChI is InChI=1S/C25H38N2O9/c1-24(2,3)35-22(30)26-19(17-32-7)21(29)33-14-13-27(23(31)36-25(4,5)6)15-20(28)34-16-18-11-9-8-10-12-18/h8-12,19H,13-17H2,1-7H3,(H,26,30)/t19-/m0/s1. The van der Waals surface area contributed by atoms with Gasteiger partial charge in [-0.15, -0.1) is 0 Å². The highest BCUT2D eigenvalue weighted by molar-refractivity contribution is 5.81. The molecule has 11 nitrogen and oxygen atoms in total. The predicted molar refractivity (Wildman–Crippen MR) is 130 cm³/mol. The molecule has 0 saturated heterocycles. The number of hydrogen-bond acceptors (Lipinski definition) is 9. The number of benzene rings is 1. The summed E-state index contributed by atoms with van der Waals surface area (Å²) in [6.07, 6.45) is -1.58. The lowest BCUT2D eigenvalue weighted by Crippen LogP contribution is -2.47. The second-order valence-corrected chi connectivity index (χ2v) is 9.87. The maximum Gasteiger partial charge on any atom is 0.410 e. The molecule has 0 heterocycles. The van der Waals surface area contributed by atoms with Gasteiger partial charge in [0.15, 0.2) is 6.04 Å². The van der Waals surface area contributed by atoms with Crippen LogP contribution in [0.2, 0.25) is 0 Å². The average molecular weight is 511 g/mol. The highest BCUT2D eigenvalue weighted by atomic mass is 16.6. The number of carbonyl (C=O) groups is 4. The second-order valence-electron chi connectivity index (χ2n) is 9.87. The van der Waals surface area contributed by atoms with E-state index in [4.69, 9.17) is 23.7 Å². The zero-order chi connectivity index (χ0) is 27.4. The van der Waals surface area contributed by atoms with Gasteiger partial charge in [-0.25, -0.2) is 14.4 Å². The van der Waals surface area contributed by atoms with Crippen LogP contribution in [0.4, 0.5) is 9.59 Å². The van der Waals surface area contributed by atoms with Crippen LogP contribution in [0.5, 0.6) is 0 Å². The molecule has 0 fully saturated rings. The Balaban J connectivity index is 2.72. The first kappa shape index (κ1) is 30.7. The minimum atomic E-state index is -1.13. The summed E-state index contributed by atoms with van der Waals surface area (Å²) in [7, 11) is 1.36. The number of amides is 2. The smallest absolute Gasteiger partial charge is 0.410 e. The zero-order valence-corrected chi connectivity index (χ0v) is 22.1. The van der Waals surface area contributed by atoms with Gasteiger partial charge in [-0.05, 0) is 47.1 Å². The van der Waals surface area contributed by atoms with E-state index >= 15 is 0 Å². The first-order chi connectivity index (χ1) is 16.7. The van der Waals surface area contributed by atoms with E-state index < -0.39 is 47.9 Å². The Morgan fingerprint density at radius 3 is 2.08 bits per heavy atom. The number of alkyl carbamates (subject to hydrolysis) is 1. The fraction of sp³-hybridized carbons (Fsp3) is 0.600. The Morgan fingerprint density at radius 2 is 1.53 bits per heavy atom. The molecule has 1 aromatic rings. The van der Waals surface area contributed by atoms with Gasteiger partial charge >= 0.3 is 24.1 Å². The van der Waals surface area contributed by atoms with E-state index in [1.54, 1.807) is 53.7 Å². The number of carbonyl (C=O) groups excluding carboxylic acids is 4. The summed E-state index contributed by atoms with van der Waals surface area (Å²) in [5, 5.41) is 2.39. The van der Waals surface area contributed by atoms with Crippen molar-refractivity contribution in [3.8, 4) is 0 Å². The number of esters is 2. The molecule has 11 heteroatoms. The Hall–Kier alpha value is -3.34. The maximum atomic E-state index is 12.6. The van der Waals surface area contributed by atoms with E-state index in [1.165, 1.54) is 7.11 Å². The third-order valence-electron chi connectivity index (χ3n) is 4.13. The minimum Gasteiger partial charge on any atom is -0.462 e. The van der Waals surface area contributed by atoms with Gasteiger partial charge in [0.2, 0.25) is 0 Å². The lowest BCUT2D eigenvalue weighted by atomic mass is 10.2. The molecule has 0 aromatic heterocycles. The largest absolute Gasteiger partial charge is 0.462 e. The lowest BCUT2D eigenvalue weighted by molar-refractivity contribution is -0.149. The van der Waals surface area contributed by atoms with E-state index in [9.17, 15) is 19.2 Å². The van der Waals surface area contributed by atoms with Crippen molar-refractivity contribution in [2.75, 3.05) is 33.4 Å². The molecule has 1 rings (SSSR count). The Kier molecular flexibility index (Phi) is 12.2. The molecule has 36 heavy (non-hydrogen) atoms. The van der Waals surface area contributed by atoms with Crippen molar-refractivity contribution in [2.45, 2.75) is 65.4 Å². The Labute approximate surface area is 212 Å². The van der Waals surface area contributed by atoms with Crippen molar-refractivity contribution in [3.05, 3.63) is 35.9 Å². The van der Waals surface area contributed by atoms with Gasteiger partial charge in [-0.3, -0.25) is 9.69 Å². The van der Waals surface area contributed by atoms with Crippen molar-refractivity contribution >= 4 is 24.1 Å². The molecule has 0 aliphatic rings. The minimum absolute atomic E-state index is 0.0475. The molecule has 0 bridgehead atoms. The van der Waals surface area contributed by atoms with Gasteiger partial charge < -0.3 is 29.0 Å². The van der Waals surface area contributed by atoms with Crippen LogP contribution in [0.15, 0.2) is 30.3 Å². The Morgan fingerprint density at radius 1 is 0.917 bits per heavy atom. The van der Waals surface area contributed by atoms with Crippen LogP contribution < -0.4 is 5.32 Å². The first-order valence-electron chi connectivity index (χ1n) is 11.5. The molecule has 0 saturated carbocycles. The molecular weight excluding hydrogens is 472 g/mol. The molecule has 0 unspecified atom stereocenters. The van der Waals surface area contributed by atoms with Crippen LogP contribution in [0.1, 0.15) is 47.1 Å². The summed E-state index contributed by atoms with van der Waals surface area (Å²) < 4.78 is 25.9. The van der Waals surface area contributed by atoms with E-state index in [2.05, 4.69) is 5.32 Å². The average Bonchev–Trinajstić information content (AvgIpc) is 2.75. The van der Waals surface area contributed by atoms with E-state index in [-0.39, 0.29) is 26.4 Å². The summed E-state index contributed by atoms with van der Waals surface area (Å²) in [6, 6.07) is 7.96. The summed E-state index contributed by atoms with van der Waals surface area (Å²) >= 11 is 0. The second kappa shape index (κ2) is 14.3. The van der Waals surface area contributed by atoms with Crippen LogP contribution in [0, 0.1) is 0 Å². The number of ether oxygens (including phenoxy) is 5. The molecular formula is C25H38N2O9. The van der Waals surface area contributed by atoms with Gasteiger partial charge in [0.25, 0.3) is 0 Å². The summed E-state index contributed by atoms with van der Waals surface area (Å²) in [5.41, 5.74) is -0.763. The number of hydrogen-bond donors (Lipinski definition) is 1. The van der Waals surface area contributed by atoms with Gasteiger partial charge in [0.05, 0.1) is 13.2 Å². The molecule has 0 spiro atoms. The number of nitrogens with zero attached hydrogens (tertiary/aromatic N) is 1. The lowest BCUT2D eigenvalue weighted by Gasteiger charge is -2.27. The number of nitrogens with one attached hydrogen (secondary N) is 1. The van der Waals surface area contributed by atoms with Gasteiger partial charge in [0, 0.05) is 7.11 Å². The van der Waals surface area contributed by atoms with Gasteiger partial charge in [-0.1, -0.05) is 30.3 Å². The fourth-order valence-electron chi connectivity index (χ4n) is 2.64. The van der Waals surface area contributed by atoms with E-state index in [1.807, 2.05) is 18.2 Å². The first-order valence-corrected chi connectivity index (χ1v) is 11.5. The fourth-order valence-corrected chi connectivity index (χ4v) is 2.64. The van der Waals surface area contributed by atoms with Crippen molar-refractivity contribution in [1.82, 2.24) is 10.2 Å². The number of methoxy groups -OCH3 is 1. The Bertz CT molecular complexity index is 861. The molecule has 1 aromatic carbocycles. The van der Waals surface area contributed by atoms with Crippen LogP contribution in [0.3, 0.4) is 0 Å². The predicted octanol–water partition coefficient (Wildman–Crippen LogP) is 3.05. The van der Waals surface area contributed by atoms with Crippen LogP contribution in [0.25, 0.3) is 0 Å². The topological polar surface area (TPSA) is 130 Å². The normalized spacial score (nSPS) is 12.2. The quantitative estimate of drug-likeness (QED) is 0.353. The third-order valence-corrected chi connectivity index (χ3v) is 4.13. The van der Waals surface area contributed by atoms with Crippen molar-refractivity contribution < 1.29 is 42.9 Å². The maximum absolute atomic E-state index is 12.6. The molecule has 202 valence electrons. The zero-order valence-electron chi connectivity index (χ0n) is 22.1. The molecule has 1 N–H and O–H groups in total. The van der Waals surface area contributed by atoms with Crippen LogP contribution in [-0.2, 0) is 39.9 Å². The van der Waals surface area contributed by atoms with Crippen LogP contribution >= 0.6 is 0 Å². The summed E-state index contributed by atoms with van der Waals surface area (Å²) in [6.45, 7) is 9.21. The van der Waals surface area contributed by atoms with Gasteiger partial charge in [-0.2, -0.15) is 0 Å². The highest BCUT2D eigenvalue weighted by Crippen LogP contribution is 2.11. The SMILES string of the molecule is COC[C@H](NC(=O)OC(C)(C)C)C(=O)OCCN(CC(=O)OCc1ccccc1)C(=O)OC(C)(C)C. The summed E-state index contributed by atoms with van der Waals surface area (Å²) in [4.78, 5) is 50.6. The van der Waals surface area contributed by atoms with Crippen LogP contribution in [-0.4, -0.2) is 79.7 Å².